The van der Waals surface area contributed by atoms with Crippen LogP contribution in [0.15, 0.2) is 83.0 Å². The normalized spacial score (nSPS) is 16.3. The fourth-order valence-electron chi connectivity index (χ4n) is 4.93. The number of ether oxygens (including phenoxy) is 1. The molecule has 2 heterocycles. The first-order valence-electron chi connectivity index (χ1n) is 11.5. The monoisotopic (exact) mass is 451 g/mol. The minimum absolute atomic E-state index is 0.132. The van der Waals surface area contributed by atoms with Crippen LogP contribution in [0.3, 0.4) is 0 Å². The van der Waals surface area contributed by atoms with Crippen molar-refractivity contribution in [3.63, 3.8) is 0 Å². The van der Waals surface area contributed by atoms with Gasteiger partial charge in [0.25, 0.3) is 0 Å². The molecule has 1 unspecified atom stereocenters. The quantitative estimate of drug-likeness (QED) is 0.298. The zero-order chi connectivity index (χ0) is 23.5. The summed E-state index contributed by atoms with van der Waals surface area (Å²) in [7, 11) is 1.70. The molecule has 172 valence electrons. The van der Waals surface area contributed by atoms with Gasteiger partial charge in [-0.3, -0.25) is 4.90 Å². The van der Waals surface area contributed by atoms with Crippen LogP contribution in [0.5, 0.6) is 5.75 Å². The van der Waals surface area contributed by atoms with Crippen LogP contribution in [0.2, 0.25) is 0 Å². The molecule has 0 saturated carbocycles. The molecule has 2 N–H and O–H groups in total. The summed E-state index contributed by atoms with van der Waals surface area (Å²) < 4.78 is 5.41. The van der Waals surface area contributed by atoms with Crippen molar-refractivity contribution in [2.24, 2.45) is 10.2 Å². The zero-order valence-corrected chi connectivity index (χ0v) is 19.6. The number of H-pyrrole nitrogens is 1. The predicted octanol–water partition coefficient (Wildman–Crippen LogP) is 5.25. The lowest BCUT2D eigenvalue weighted by Crippen LogP contribution is -2.35. The van der Waals surface area contributed by atoms with E-state index in [-0.39, 0.29) is 6.04 Å². The molecule has 0 amide bonds. The van der Waals surface area contributed by atoms with E-state index in [0.717, 1.165) is 36.5 Å². The molecule has 34 heavy (non-hydrogen) atoms. The molecule has 0 aliphatic carbocycles. The standard InChI is InChI=1S/C28H29N5O/c1-19(31-32-29-2)22-8-6-7-20(17-22)18-33-16-15-25-24-9-4-5-10-26(24)30-27(25)28(33)21-11-13-23(34-3)14-12-21/h4-14,17,28,30,32H,2,15-16,18H2,1,3H3/b31-19+. The van der Waals surface area contributed by atoms with Crippen molar-refractivity contribution < 1.29 is 4.74 Å². The Kier molecular flexibility index (Phi) is 6.14. The highest BCUT2D eigenvalue weighted by Crippen LogP contribution is 2.39. The van der Waals surface area contributed by atoms with Crippen molar-refractivity contribution in [2.45, 2.75) is 25.9 Å². The van der Waals surface area contributed by atoms with Crippen LogP contribution in [0.4, 0.5) is 0 Å². The molecule has 4 aromatic rings. The zero-order valence-electron chi connectivity index (χ0n) is 19.6. The van der Waals surface area contributed by atoms with Crippen LogP contribution < -0.4 is 10.3 Å². The maximum absolute atomic E-state index is 5.41. The second-order valence-corrected chi connectivity index (χ2v) is 8.61. The fourth-order valence-corrected chi connectivity index (χ4v) is 4.93. The Balaban J connectivity index is 1.53. The van der Waals surface area contributed by atoms with Gasteiger partial charge in [0.05, 0.1) is 18.9 Å². The van der Waals surface area contributed by atoms with E-state index in [4.69, 9.17) is 4.74 Å². The number of nitrogens with one attached hydrogen (secondary N) is 2. The molecule has 0 spiro atoms. The number of fused-ring (bicyclic) bond motifs is 3. The molecule has 1 atom stereocenters. The highest BCUT2D eigenvalue weighted by atomic mass is 16.5. The van der Waals surface area contributed by atoms with Crippen LogP contribution in [-0.4, -0.2) is 36.0 Å². The number of hydrogen-bond acceptors (Lipinski definition) is 5. The first-order valence-corrected chi connectivity index (χ1v) is 11.5. The number of hydrazone groups is 2. The Bertz CT molecular complexity index is 1340. The van der Waals surface area contributed by atoms with Crippen LogP contribution in [0.1, 0.15) is 40.9 Å². The van der Waals surface area contributed by atoms with Crippen molar-refractivity contribution in [3.05, 3.63) is 101 Å². The third-order valence-corrected chi connectivity index (χ3v) is 6.58. The number of nitrogens with zero attached hydrogens (tertiary/aromatic N) is 3. The van der Waals surface area contributed by atoms with Gasteiger partial charge < -0.3 is 9.72 Å². The molecule has 5 rings (SSSR count). The van der Waals surface area contributed by atoms with Crippen LogP contribution in [-0.2, 0) is 13.0 Å². The average Bonchev–Trinajstić information content (AvgIpc) is 3.26. The second kappa shape index (κ2) is 9.53. The van der Waals surface area contributed by atoms with Gasteiger partial charge in [-0.1, -0.05) is 48.5 Å². The molecule has 6 nitrogen and oxygen atoms in total. The number of methoxy groups -OCH3 is 1. The van der Waals surface area contributed by atoms with Crippen molar-refractivity contribution in [1.82, 2.24) is 15.4 Å². The third-order valence-electron chi connectivity index (χ3n) is 6.58. The Labute approximate surface area is 200 Å². The molecular weight excluding hydrogens is 422 g/mol. The summed E-state index contributed by atoms with van der Waals surface area (Å²) in [4.78, 5) is 6.30. The Morgan fingerprint density at radius 1 is 1.12 bits per heavy atom. The van der Waals surface area contributed by atoms with Gasteiger partial charge in [-0.25, -0.2) is 0 Å². The van der Waals surface area contributed by atoms with Gasteiger partial charge in [-0.05, 0) is 59.9 Å². The van der Waals surface area contributed by atoms with Crippen LogP contribution >= 0.6 is 0 Å². The second-order valence-electron chi connectivity index (χ2n) is 8.61. The molecule has 1 aliphatic rings. The van der Waals surface area contributed by atoms with Gasteiger partial charge in [0, 0.05) is 36.4 Å². The highest BCUT2D eigenvalue weighted by Gasteiger charge is 2.31. The van der Waals surface area contributed by atoms with Crippen LogP contribution in [0, 0.1) is 0 Å². The lowest BCUT2D eigenvalue weighted by atomic mass is 9.91. The fraction of sp³-hybridized carbons (Fsp3) is 0.214. The SMILES string of the molecule is C=NN/N=C(\C)c1cccc(CN2CCc3c([nH]c4ccccc34)C2c2ccc(OC)cc2)c1. The summed E-state index contributed by atoms with van der Waals surface area (Å²) in [5, 5.41) is 9.17. The number of aromatic nitrogens is 1. The van der Waals surface area contributed by atoms with Gasteiger partial charge >= 0.3 is 0 Å². The molecule has 0 bridgehead atoms. The van der Waals surface area contributed by atoms with Crippen LogP contribution in [0.25, 0.3) is 10.9 Å². The van der Waals surface area contributed by atoms with E-state index in [2.05, 4.69) is 93.0 Å². The van der Waals surface area contributed by atoms with Gasteiger partial charge in [-0.2, -0.15) is 15.7 Å². The lowest BCUT2D eigenvalue weighted by Gasteiger charge is -2.36. The minimum atomic E-state index is 0.132. The topological polar surface area (TPSA) is 65.0 Å². The summed E-state index contributed by atoms with van der Waals surface area (Å²) in [6, 6.07) is 25.7. The summed E-state index contributed by atoms with van der Waals surface area (Å²) in [5.41, 5.74) is 10.9. The first kappa shape index (κ1) is 21.9. The van der Waals surface area contributed by atoms with E-state index in [1.165, 1.54) is 33.3 Å². The van der Waals surface area contributed by atoms with Crippen molar-refractivity contribution in [3.8, 4) is 5.75 Å². The number of benzene rings is 3. The van der Waals surface area contributed by atoms with E-state index < -0.39 is 0 Å². The van der Waals surface area contributed by atoms with E-state index in [9.17, 15) is 0 Å². The number of aromatic amines is 1. The van der Waals surface area contributed by atoms with E-state index in [1.807, 2.05) is 19.1 Å². The molecular formula is C28H29N5O. The number of hydrogen-bond donors (Lipinski definition) is 2. The molecule has 0 radical (unpaired) electrons. The van der Waals surface area contributed by atoms with Gasteiger partial charge in [0.2, 0.25) is 0 Å². The van der Waals surface area contributed by atoms with Crippen molar-refractivity contribution in [2.75, 3.05) is 13.7 Å². The molecule has 1 aliphatic heterocycles. The Hall–Kier alpha value is -3.90. The molecule has 0 fully saturated rings. The maximum Gasteiger partial charge on any atom is 0.118 e. The smallest absolute Gasteiger partial charge is 0.118 e. The molecule has 1 aromatic heterocycles. The molecule has 6 heteroatoms. The summed E-state index contributed by atoms with van der Waals surface area (Å²) >= 11 is 0. The lowest BCUT2D eigenvalue weighted by molar-refractivity contribution is 0.202. The summed E-state index contributed by atoms with van der Waals surface area (Å²) in [6.45, 7) is 7.20. The summed E-state index contributed by atoms with van der Waals surface area (Å²) in [5.74, 6) is 0.869. The maximum atomic E-state index is 5.41. The first-order chi connectivity index (χ1) is 16.7. The van der Waals surface area contributed by atoms with E-state index >= 15 is 0 Å². The molecule has 0 saturated heterocycles. The molecule has 3 aromatic carbocycles. The summed E-state index contributed by atoms with van der Waals surface area (Å²) in [6.07, 6.45) is 1.01. The average molecular weight is 452 g/mol. The van der Waals surface area contributed by atoms with Gasteiger partial charge in [-0.15, -0.1) is 0 Å². The number of para-hydroxylation sites is 1. The van der Waals surface area contributed by atoms with Crippen molar-refractivity contribution >= 4 is 23.3 Å². The Morgan fingerprint density at radius 2 is 1.94 bits per heavy atom. The van der Waals surface area contributed by atoms with E-state index in [0.29, 0.717) is 0 Å². The van der Waals surface area contributed by atoms with Gasteiger partial charge in [0.15, 0.2) is 0 Å². The highest BCUT2D eigenvalue weighted by molar-refractivity contribution is 5.98. The predicted molar refractivity (Wildman–Crippen MR) is 139 cm³/mol. The van der Waals surface area contributed by atoms with E-state index in [1.54, 1.807) is 7.11 Å². The Morgan fingerprint density at radius 3 is 2.74 bits per heavy atom. The largest absolute Gasteiger partial charge is 0.497 e. The third kappa shape index (κ3) is 4.20. The minimum Gasteiger partial charge on any atom is -0.497 e. The van der Waals surface area contributed by atoms with Gasteiger partial charge in [0.1, 0.15) is 5.75 Å². The number of rotatable bonds is 7. The van der Waals surface area contributed by atoms with Crippen molar-refractivity contribution in [1.29, 1.82) is 0 Å².